The number of fused-ring (bicyclic) bond motifs is 2. The highest BCUT2D eigenvalue weighted by atomic mass is 16.6. The Bertz CT molecular complexity index is 845. The molecule has 116 valence electrons. The molecule has 0 fully saturated rings. The van der Waals surface area contributed by atoms with E-state index in [0.717, 1.165) is 11.0 Å². The number of anilines is 2. The first kappa shape index (κ1) is 13.4. The van der Waals surface area contributed by atoms with Crippen LogP contribution in [0.1, 0.15) is 0 Å². The van der Waals surface area contributed by atoms with Crippen molar-refractivity contribution in [1.82, 2.24) is 9.97 Å². The van der Waals surface area contributed by atoms with Crippen LogP contribution in [0.2, 0.25) is 0 Å². The summed E-state index contributed by atoms with van der Waals surface area (Å²) in [6.45, 7) is 1.05. The van der Waals surface area contributed by atoms with Gasteiger partial charge in [-0.15, -0.1) is 0 Å². The maximum atomic E-state index is 10.7. The van der Waals surface area contributed by atoms with Gasteiger partial charge in [-0.25, -0.2) is 4.98 Å². The van der Waals surface area contributed by atoms with Gasteiger partial charge in [0.1, 0.15) is 13.2 Å². The molecule has 0 unspecified atom stereocenters. The number of ether oxygens (including phenoxy) is 2. The van der Waals surface area contributed by atoms with Crippen molar-refractivity contribution >= 4 is 28.4 Å². The number of hydrogen-bond acceptors (Lipinski definition) is 6. The number of imidazole rings is 1. The van der Waals surface area contributed by atoms with Crippen LogP contribution >= 0.6 is 0 Å². The fourth-order valence-corrected chi connectivity index (χ4v) is 2.41. The smallest absolute Gasteiger partial charge is 0.269 e. The van der Waals surface area contributed by atoms with Gasteiger partial charge in [-0.2, -0.15) is 0 Å². The fourth-order valence-electron chi connectivity index (χ4n) is 2.41. The van der Waals surface area contributed by atoms with Crippen LogP contribution in [0, 0.1) is 10.1 Å². The van der Waals surface area contributed by atoms with Crippen LogP contribution in [-0.4, -0.2) is 28.1 Å². The number of H-pyrrole nitrogens is 1. The Morgan fingerprint density at radius 1 is 1.13 bits per heavy atom. The molecule has 0 atom stereocenters. The van der Waals surface area contributed by atoms with Crippen molar-refractivity contribution in [1.29, 1.82) is 0 Å². The molecule has 0 bridgehead atoms. The van der Waals surface area contributed by atoms with Crippen molar-refractivity contribution in [3.63, 3.8) is 0 Å². The molecule has 23 heavy (non-hydrogen) atoms. The molecule has 0 aliphatic carbocycles. The second kappa shape index (κ2) is 5.16. The van der Waals surface area contributed by atoms with E-state index in [9.17, 15) is 10.1 Å². The number of non-ortho nitro benzene ring substituents is 1. The van der Waals surface area contributed by atoms with E-state index >= 15 is 0 Å². The Labute approximate surface area is 130 Å². The molecule has 0 spiro atoms. The lowest BCUT2D eigenvalue weighted by atomic mass is 10.2. The Balaban J connectivity index is 1.62. The van der Waals surface area contributed by atoms with E-state index in [0.29, 0.717) is 36.3 Å². The molecule has 1 aliphatic heterocycles. The van der Waals surface area contributed by atoms with E-state index in [4.69, 9.17) is 9.47 Å². The lowest BCUT2D eigenvalue weighted by molar-refractivity contribution is -0.384. The predicted molar refractivity (Wildman–Crippen MR) is 83.5 cm³/mol. The molecule has 2 aromatic carbocycles. The van der Waals surface area contributed by atoms with Gasteiger partial charge in [0, 0.05) is 30.0 Å². The van der Waals surface area contributed by atoms with Crippen LogP contribution in [0.3, 0.4) is 0 Å². The highest BCUT2D eigenvalue weighted by Crippen LogP contribution is 2.34. The Kier molecular flexibility index (Phi) is 3.00. The number of nitro groups is 1. The van der Waals surface area contributed by atoms with Crippen molar-refractivity contribution in [2.75, 3.05) is 18.5 Å². The fraction of sp³-hybridized carbons (Fsp3) is 0.133. The van der Waals surface area contributed by atoms with E-state index in [1.54, 1.807) is 12.1 Å². The SMILES string of the molecule is O=[N+]([O-])c1ccc(Nc2nc3cc4c(cc3[nH]2)OCCO4)cc1. The van der Waals surface area contributed by atoms with Crippen molar-refractivity contribution in [3.8, 4) is 11.5 Å². The first-order valence-electron chi connectivity index (χ1n) is 7.00. The number of nitrogens with zero attached hydrogens (tertiary/aromatic N) is 2. The van der Waals surface area contributed by atoms with Crippen LogP contribution in [0.15, 0.2) is 36.4 Å². The first-order chi connectivity index (χ1) is 11.2. The number of aromatic nitrogens is 2. The van der Waals surface area contributed by atoms with E-state index in [-0.39, 0.29) is 5.69 Å². The van der Waals surface area contributed by atoms with E-state index in [1.807, 2.05) is 12.1 Å². The quantitative estimate of drug-likeness (QED) is 0.569. The van der Waals surface area contributed by atoms with Gasteiger partial charge in [0.05, 0.1) is 16.0 Å². The average Bonchev–Trinajstić information content (AvgIpc) is 2.94. The lowest BCUT2D eigenvalue weighted by Gasteiger charge is -2.17. The normalized spacial score (nSPS) is 13.0. The molecule has 8 heteroatoms. The highest BCUT2D eigenvalue weighted by molar-refractivity contribution is 5.82. The zero-order valence-electron chi connectivity index (χ0n) is 11.9. The van der Waals surface area contributed by atoms with E-state index in [2.05, 4.69) is 15.3 Å². The van der Waals surface area contributed by atoms with Crippen molar-refractivity contribution in [2.45, 2.75) is 0 Å². The van der Waals surface area contributed by atoms with Crippen LogP contribution in [-0.2, 0) is 0 Å². The Morgan fingerprint density at radius 2 is 1.83 bits per heavy atom. The third-order valence-electron chi connectivity index (χ3n) is 3.49. The van der Waals surface area contributed by atoms with Crippen LogP contribution in [0.4, 0.5) is 17.3 Å². The Hall–Kier alpha value is -3.29. The largest absolute Gasteiger partial charge is 0.486 e. The zero-order valence-corrected chi connectivity index (χ0v) is 11.9. The van der Waals surface area contributed by atoms with Gasteiger partial charge in [0.2, 0.25) is 5.95 Å². The molecule has 0 amide bonds. The molecule has 0 saturated carbocycles. The van der Waals surface area contributed by atoms with Gasteiger partial charge in [-0.1, -0.05) is 0 Å². The lowest BCUT2D eigenvalue weighted by Crippen LogP contribution is -2.15. The highest BCUT2D eigenvalue weighted by Gasteiger charge is 2.15. The van der Waals surface area contributed by atoms with Gasteiger partial charge < -0.3 is 19.8 Å². The molecule has 8 nitrogen and oxygen atoms in total. The molecule has 0 radical (unpaired) electrons. The summed E-state index contributed by atoms with van der Waals surface area (Å²) in [4.78, 5) is 17.8. The predicted octanol–water partition coefficient (Wildman–Crippen LogP) is 2.99. The van der Waals surface area contributed by atoms with Gasteiger partial charge in [0.25, 0.3) is 5.69 Å². The van der Waals surface area contributed by atoms with E-state index < -0.39 is 4.92 Å². The molecular weight excluding hydrogens is 300 g/mol. The minimum atomic E-state index is -0.435. The standard InChI is InChI=1S/C15H12N4O4/c20-19(21)10-3-1-9(2-4-10)16-15-17-11-7-13-14(8-12(11)18-15)23-6-5-22-13/h1-4,7-8H,5-6H2,(H2,16,17,18). The number of benzene rings is 2. The van der Waals surface area contributed by atoms with Gasteiger partial charge in [0.15, 0.2) is 11.5 Å². The zero-order chi connectivity index (χ0) is 15.8. The van der Waals surface area contributed by atoms with E-state index in [1.165, 1.54) is 12.1 Å². The summed E-state index contributed by atoms with van der Waals surface area (Å²) < 4.78 is 11.1. The maximum absolute atomic E-state index is 10.7. The molecular formula is C15H12N4O4. The summed E-state index contributed by atoms with van der Waals surface area (Å²) >= 11 is 0. The molecule has 2 N–H and O–H groups in total. The second-order valence-corrected chi connectivity index (χ2v) is 5.03. The molecule has 4 rings (SSSR count). The first-order valence-corrected chi connectivity index (χ1v) is 7.00. The van der Waals surface area contributed by atoms with Gasteiger partial charge in [-0.3, -0.25) is 10.1 Å². The third kappa shape index (κ3) is 2.50. The van der Waals surface area contributed by atoms with Crippen LogP contribution in [0.5, 0.6) is 11.5 Å². The summed E-state index contributed by atoms with van der Waals surface area (Å²) in [5, 5.41) is 13.7. The van der Waals surface area contributed by atoms with Gasteiger partial charge in [-0.05, 0) is 12.1 Å². The number of hydrogen-bond donors (Lipinski definition) is 2. The number of nitrogens with one attached hydrogen (secondary N) is 2. The number of rotatable bonds is 3. The second-order valence-electron chi connectivity index (χ2n) is 5.03. The van der Waals surface area contributed by atoms with Crippen LogP contribution < -0.4 is 14.8 Å². The maximum Gasteiger partial charge on any atom is 0.269 e. The summed E-state index contributed by atoms with van der Waals surface area (Å²) in [5.41, 5.74) is 2.31. The minimum absolute atomic E-state index is 0.0436. The topological polar surface area (TPSA) is 102 Å². The van der Waals surface area contributed by atoms with Crippen molar-refractivity contribution in [3.05, 3.63) is 46.5 Å². The third-order valence-corrected chi connectivity index (χ3v) is 3.49. The monoisotopic (exact) mass is 312 g/mol. The summed E-state index contributed by atoms with van der Waals surface area (Å²) in [7, 11) is 0. The number of aromatic amines is 1. The van der Waals surface area contributed by atoms with Crippen molar-refractivity contribution < 1.29 is 14.4 Å². The molecule has 3 aromatic rings. The van der Waals surface area contributed by atoms with Crippen LogP contribution in [0.25, 0.3) is 11.0 Å². The average molecular weight is 312 g/mol. The molecule has 1 aromatic heterocycles. The molecule has 1 aliphatic rings. The molecule has 2 heterocycles. The molecule has 0 saturated heterocycles. The van der Waals surface area contributed by atoms with Crippen molar-refractivity contribution in [2.24, 2.45) is 0 Å². The number of nitro benzene ring substituents is 1. The van der Waals surface area contributed by atoms with Gasteiger partial charge >= 0.3 is 0 Å². The minimum Gasteiger partial charge on any atom is -0.486 e. The Morgan fingerprint density at radius 3 is 2.52 bits per heavy atom. The summed E-state index contributed by atoms with van der Waals surface area (Å²) in [6.07, 6.45) is 0. The summed E-state index contributed by atoms with van der Waals surface area (Å²) in [5.74, 6) is 1.91. The summed E-state index contributed by atoms with van der Waals surface area (Å²) in [6, 6.07) is 9.79.